The lowest BCUT2D eigenvalue weighted by atomic mass is 9.87. The lowest BCUT2D eigenvalue weighted by Crippen LogP contribution is -2.46. The fourth-order valence-corrected chi connectivity index (χ4v) is 2.77. The van der Waals surface area contributed by atoms with Gasteiger partial charge in [0.2, 0.25) is 5.91 Å². The van der Waals surface area contributed by atoms with Crippen molar-refractivity contribution in [2.24, 2.45) is 5.92 Å². The molecule has 1 aliphatic rings. The highest BCUT2D eigenvalue weighted by Crippen LogP contribution is 2.26. The van der Waals surface area contributed by atoms with Gasteiger partial charge in [-0.25, -0.2) is 0 Å². The second-order valence-corrected chi connectivity index (χ2v) is 6.21. The quantitative estimate of drug-likeness (QED) is 0.799. The summed E-state index contributed by atoms with van der Waals surface area (Å²) in [6.07, 6.45) is 4.72. The molecule has 1 aliphatic carbocycles. The molecule has 0 heterocycles. The van der Waals surface area contributed by atoms with Crippen LogP contribution in [0.4, 0.5) is 0 Å². The SMILES string of the molecule is CC1CCC(N(C)C(=O)CN(CCO)C(C)C)CC1. The van der Waals surface area contributed by atoms with Gasteiger partial charge >= 0.3 is 0 Å². The molecule has 0 spiro atoms. The molecule has 0 saturated heterocycles. The molecule has 1 N–H and O–H groups in total. The summed E-state index contributed by atoms with van der Waals surface area (Å²) in [5.41, 5.74) is 0. The molecule has 0 bridgehead atoms. The Kier molecular flexibility index (Phi) is 6.80. The Bertz CT molecular complexity index is 273. The molecule has 0 aromatic rings. The zero-order chi connectivity index (χ0) is 14.4. The Morgan fingerprint density at radius 1 is 1.26 bits per heavy atom. The van der Waals surface area contributed by atoms with Crippen LogP contribution in [0.3, 0.4) is 0 Å². The van der Waals surface area contributed by atoms with Gasteiger partial charge in [0.05, 0.1) is 13.2 Å². The lowest BCUT2D eigenvalue weighted by molar-refractivity contribution is -0.134. The Hall–Kier alpha value is -0.610. The minimum atomic E-state index is 0.107. The minimum Gasteiger partial charge on any atom is -0.395 e. The maximum Gasteiger partial charge on any atom is 0.236 e. The van der Waals surface area contributed by atoms with Gasteiger partial charge in [0.15, 0.2) is 0 Å². The van der Waals surface area contributed by atoms with E-state index in [0.29, 0.717) is 19.1 Å². The van der Waals surface area contributed by atoms with E-state index in [1.807, 2.05) is 16.8 Å². The van der Waals surface area contributed by atoms with Gasteiger partial charge in [-0.05, 0) is 45.4 Å². The summed E-state index contributed by atoms with van der Waals surface area (Å²) >= 11 is 0. The van der Waals surface area contributed by atoms with Crippen molar-refractivity contribution in [3.63, 3.8) is 0 Å². The number of carbonyl (C=O) groups is 1. The maximum atomic E-state index is 12.3. The molecule has 0 radical (unpaired) electrons. The molecular formula is C15H30N2O2. The number of hydrogen-bond acceptors (Lipinski definition) is 3. The van der Waals surface area contributed by atoms with E-state index in [-0.39, 0.29) is 18.6 Å². The van der Waals surface area contributed by atoms with Crippen molar-refractivity contribution in [1.82, 2.24) is 9.80 Å². The summed E-state index contributed by atoms with van der Waals surface area (Å²) in [4.78, 5) is 16.3. The maximum absolute atomic E-state index is 12.3. The Morgan fingerprint density at radius 3 is 2.32 bits per heavy atom. The molecule has 0 atom stereocenters. The number of likely N-dealkylation sites (N-methyl/N-ethyl adjacent to an activating group) is 1. The molecule has 1 amide bonds. The van der Waals surface area contributed by atoms with Gasteiger partial charge in [-0.2, -0.15) is 0 Å². The average molecular weight is 270 g/mol. The second kappa shape index (κ2) is 7.85. The van der Waals surface area contributed by atoms with Gasteiger partial charge in [-0.1, -0.05) is 6.92 Å². The van der Waals surface area contributed by atoms with Gasteiger partial charge < -0.3 is 10.0 Å². The van der Waals surface area contributed by atoms with Crippen LogP contribution in [0.2, 0.25) is 0 Å². The van der Waals surface area contributed by atoms with Crippen molar-refractivity contribution in [3.05, 3.63) is 0 Å². The Morgan fingerprint density at radius 2 is 1.84 bits per heavy atom. The molecule has 0 unspecified atom stereocenters. The number of aliphatic hydroxyl groups excluding tert-OH is 1. The molecule has 0 aliphatic heterocycles. The van der Waals surface area contributed by atoms with Crippen LogP contribution in [0.5, 0.6) is 0 Å². The number of amides is 1. The predicted molar refractivity (Wildman–Crippen MR) is 78.0 cm³/mol. The first-order valence-corrected chi connectivity index (χ1v) is 7.56. The largest absolute Gasteiger partial charge is 0.395 e. The normalized spacial score (nSPS) is 23.9. The topological polar surface area (TPSA) is 43.8 Å². The van der Waals surface area contributed by atoms with E-state index in [1.165, 1.54) is 12.8 Å². The number of nitrogens with zero attached hydrogens (tertiary/aromatic N) is 2. The molecule has 19 heavy (non-hydrogen) atoms. The van der Waals surface area contributed by atoms with Crippen molar-refractivity contribution in [3.8, 4) is 0 Å². The smallest absolute Gasteiger partial charge is 0.236 e. The fraction of sp³-hybridized carbons (Fsp3) is 0.933. The van der Waals surface area contributed by atoms with Crippen molar-refractivity contribution in [2.45, 2.75) is 58.5 Å². The molecule has 0 aromatic heterocycles. The van der Waals surface area contributed by atoms with Crippen molar-refractivity contribution in [2.75, 3.05) is 26.7 Å². The third kappa shape index (κ3) is 5.11. The zero-order valence-electron chi connectivity index (χ0n) is 12.9. The molecule has 1 rings (SSSR count). The summed E-state index contributed by atoms with van der Waals surface area (Å²) in [6.45, 7) is 7.51. The highest BCUT2D eigenvalue weighted by Gasteiger charge is 2.26. The van der Waals surface area contributed by atoms with Crippen LogP contribution in [0.25, 0.3) is 0 Å². The fourth-order valence-electron chi connectivity index (χ4n) is 2.77. The Labute approximate surface area is 117 Å². The molecule has 112 valence electrons. The van der Waals surface area contributed by atoms with Crippen LogP contribution in [-0.2, 0) is 4.79 Å². The van der Waals surface area contributed by atoms with E-state index in [9.17, 15) is 4.79 Å². The van der Waals surface area contributed by atoms with Crippen LogP contribution in [-0.4, -0.2) is 59.6 Å². The van der Waals surface area contributed by atoms with Crippen molar-refractivity contribution >= 4 is 5.91 Å². The first kappa shape index (κ1) is 16.4. The van der Waals surface area contributed by atoms with E-state index in [4.69, 9.17) is 5.11 Å². The number of carbonyl (C=O) groups excluding carboxylic acids is 1. The van der Waals surface area contributed by atoms with E-state index in [0.717, 1.165) is 18.8 Å². The molecule has 1 fully saturated rings. The van der Waals surface area contributed by atoms with Gasteiger partial charge in [0, 0.05) is 25.7 Å². The van der Waals surface area contributed by atoms with E-state index in [1.54, 1.807) is 0 Å². The number of aliphatic hydroxyl groups is 1. The third-order valence-electron chi connectivity index (χ3n) is 4.38. The first-order chi connectivity index (χ1) is 8.95. The van der Waals surface area contributed by atoms with E-state index in [2.05, 4.69) is 20.8 Å². The summed E-state index contributed by atoms with van der Waals surface area (Å²) in [6, 6.07) is 0.697. The summed E-state index contributed by atoms with van der Waals surface area (Å²) in [5, 5.41) is 9.05. The van der Waals surface area contributed by atoms with Gasteiger partial charge in [-0.3, -0.25) is 9.69 Å². The van der Waals surface area contributed by atoms with Gasteiger partial charge in [0.25, 0.3) is 0 Å². The van der Waals surface area contributed by atoms with E-state index < -0.39 is 0 Å². The van der Waals surface area contributed by atoms with Crippen molar-refractivity contribution < 1.29 is 9.90 Å². The lowest BCUT2D eigenvalue weighted by Gasteiger charge is -2.35. The highest BCUT2D eigenvalue weighted by atomic mass is 16.3. The van der Waals surface area contributed by atoms with Crippen LogP contribution < -0.4 is 0 Å². The number of hydrogen-bond donors (Lipinski definition) is 1. The van der Waals surface area contributed by atoms with Crippen LogP contribution >= 0.6 is 0 Å². The minimum absolute atomic E-state index is 0.107. The molecule has 0 aromatic carbocycles. The van der Waals surface area contributed by atoms with Crippen LogP contribution in [0, 0.1) is 5.92 Å². The van der Waals surface area contributed by atoms with Crippen molar-refractivity contribution in [1.29, 1.82) is 0 Å². The van der Waals surface area contributed by atoms with Gasteiger partial charge in [-0.15, -0.1) is 0 Å². The third-order valence-corrected chi connectivity index (χ3v) is 4.38. The van der Waals surface area contributed by atoms with Crippen LogP contribution in [0.1, 0.15) is 46.5 Å². The molecule has 4 nitrogen and oxygen atoms in total. The second-order valence-electron chi connectivity index (χ2n) is 6.21. The monoisotopic (exact) mass is 270 g/mol. The predicted octanol–water partition coefficient (Wildman–Crippen LogP) is 1.73. The standard InChI is InChI=1S/C15H30N2O2/c1-12(2)17(9-10-18)11-15(19)16(4)14-7-5-13(3)6-8-14/h12-14,18H,5-11H2,1-4H3. The summed E-state index contributed by atoms with van der Waals surface area (Å²) in [5.74, 6) is 0.989. The summed E-state index contributed by atoms with van der Waals surface area (Å²) in [7, 11) is 1.93. The molecule has 4 heteroatoms. The number of rotatable bonds is 6. The highest BCUT2D eigenvalue weighted by molar-refractivity contribution is 5.78. The van der Waals surface area contributed by atoms with E-state index >= 15 is 0 Å². The molecule has 1 saturated carbocycles. The Balaban J connectivity index is 2.47. The van der Waals surface area contributed by atoms with Crippen LogP contribution in [0.15, 0.2) is 0 Å². The molecular weight excluding hydrogens is 240 g/mol. The zero-order valence-corrected chi connectivity index (χ0v) is 12.9. The first-order valence-electron chi connectivity index (χ1n) is 7.56. The van der Waals surface area contributed by atoms with Gasteiger partial charge in [0.1, 0.15) is 0 Å². The summed E-state index contributed by atoms with van der Waals surface area (Å²) < 4.78 is 0. The average Bonchev–Trinajstić information content (AvgIpc) is 2.38.